The van der Waals surface area contributed by atoms with Crippen LogP contribution in [0, 0.1) is 0 Å². The zero-order valence-electron chi connectivity index (χ0n) is 16.3. The number of carbonyl (C=O) groups excluding carboxylic acids is 2. The quantitative estimate of drug-likeness (QED) is 0.797. The lowest BCUT2D eigenvalue weighted by Gasteiger charge is -2.33. The number of ether oxygens (including phenoxy) is 1. The molecule has 0 unspecified atom stereocenters. The fourth-order valence-electron chi connectivity index (χ4n) is 4.19. The molecule has 5 heteroatoms. The molecular weight excluding hydrogens is 352 g/mol. The highest BCUT2D eigenvalue weighted by molar-refractivity contribution is 5.95. The fourth-order valence-corrected chi connectivity index (χ4v) is 4.19. The maximum Gasteiger partial charge on any atom is 0.260 e. The predicted molar refractivity (Wildman–Crippen MR) is 108 cm³/mol. The Morgan fingerprint density at radius 2 is 1.89 bits per heavy atom. The highest BCUT2D eigenvalue weighted by Crippen LogP contribution is 2.33. The molecule has 1 aliphatic carbocycles. The van der Waals surface area contributed by atoms with Crippen molar-refractivity contribution in [1.82, 2.24) is 4.90 Å². The lowest BCUT2D eigenvalue weighted by atomic mass is 9.87. The average Bonchev–Trinajstić information content (AvgIpc) is 3.17. The maximum absolute atomic E-state index is 12.7. The van der Waals surface area contributed by atoms with Gasteiger partial charge in [-0.05, 0) is 61.1 Å². The molecule has 0 radical (unpaired) electrons. The Labute approximate surface area is 165 Å². The largest absolute Gasteiger partial charge is 0.484 e. The van der Waals surface area contributed by atoms with E-state index in [0.717, 1.165) is 37.9 Å². The van der Waals surface area contributed by atoms with Crippen LogP contribution in [0.25, 0.3) is 0 Å². The van der Waals surface area contributed by atoms with Crippen LogP contribution in [0.2, 0.25) is 0 Å². The van der Waals surface area contributed by atoms with Crippen molar-refractivity contribution >= 4 is 17.5 Å². The SMILES string of the molecule is CN(C(=O)COc1ccc(N2CCCC2=O)cc1)[C@@H]1CCCc2ccccc21. The molecule has 5 nitrogen and oxygen atoms in total. The number of rotatable bonds is 5. The standard InChI is InChI=1S/C23H26N2O3/c1-24(21-9-4-7-17-6-2-3-8-20(17)21)23(27)16-28-19-13-11-18(12-14-19)25-15-5-10-22(25)26/h2-3,6,8,11-14,21H,4-5,7,9-10,15-16H2,1H3/t21-/m1/s1. The summed E-state index contributed by atoms with van der Waals surface area (Å²) in [6.07, 6.45) is 4.68. The molecule has 1 aliphatic heterocycles. The number of likely N-dealkylation sites (N-methyl/N-ethyl adjacent to an activating group) is 1. The average molecular weight is 378 g/mol. The lowest BCUT2D eigenvalue weighted by Crippen LogP contribution is -2.36. The molecule has 2 amide bonds. The summed E-state index contributed by atoms with van der Waals surface area (Å²) >= 11 is 0. The molecule has 2 aromatic carbocycles. The van der Waals surface area contributed by atoms with Crippen LogP contribution in [0.5, 0.6) is 5.75 Å². The number of hydrogen-bond acceptors (Lipinski definition) is 3. The normalized spacial score (nSPS) is 18.7. The molecule has 1 heterocycles. The van der Waals surface area contributed by atoms with Crippen LogP contribution in [-0.4, -0.2) is 36.9 Å². The van der Waals surface area contributed by atoms with Crippen molar-refractivity contribution in [1.29, 1.82) is 0 Å². The smallest absolute Gasteiger partial charge is 0.260 e. The van der Waals surface area contributed by atoms with E-state index in [9.17, 15) is 9.59 Å². The number of amides is 2. The van der Waals surface area contributed by atoms with E-state index >= 15 is 0 Å². The minimum absolute atomic E-state index is 0.0111. The Kier molecular flexibility index (Phi) is 5.33. The molecule has 0 bridgehead atoms. The van der Waals surface area contributed by atoms with E-state index in [-0.39, 0.29) is 24.5 Å². The first kappa shape index (κ1) is 18.5. The molecule has 2 aromatic rings. The number of aryl methyl sites for hydroxylation is 1. The van der Waals surface area contributed by atoms with E-state index in [1.807, 2.05) is 42.3 Å². The van der Waals surface area contributed by atoms with Gasteiger partial charge in [0.2, 0.25) is 5.91 Å². The van der Waals surface area contributed by atoms with Gasteiger partial charge < -0.3 is 14.5 Å². The van der Waals surface area contributed by atoms with Gasteiger partial charge in [-0.1, -0.05) is 24.3 Å². The van der Waals surface area contributed by atoms with Gasteiger partial charge in [-0.15, -0.1) is 0 Å². The highest BCUT2D eigenvalue weighted by atomic mass is 16.5. The number of benzene rings is 2. The summed E-state index contributed by atoms with van der Waals surface area (Å²) in [4.78, 5) is 28.1. The molecule has 146 valence electrons. The maximum atomic E-state index is 12.7. The number of anilines is 1. The van der Waals surface area contributed by atoms with Crippen LogP contribution < -0.4 is 9.64 Å². The zero-order chi connectivity index (χ0) is 19.5. The summed E-state index contributed by atoms with van der Waals surface area (Å²) in [5.74, 6) is 0.778. The van der Waals surface area contributed by atoms with Crippen LogP contribution in [0.3, 0.4) is 0 Å². The molecule has 1 saturated heterocycles. The Morgan fingerprint density at radius 3 is 2.64 bits per heavy atom. The minimum atomic E-state index is -0.0273. The van der Waals surface area contributed by atoms with Crippen molar-refractivity contribution in [3.8, 4) is 5.75 Å². The van der Waals surface area contributed by atoms with Gasteiger partial charge in [-0.25, -0.2) is 0 Å². The second-order valence-electron chi connectivity index (χ2n) is 7.54. The molecule has 0 spiro atoms. The molecule has 0 N–H and O–H groups in total. The third-order valence-electron chi connectivity index (χ3n) is 5.78. The molecule has 28 heavy (non-hydrogen) atoms. The van der Waals surface area contributed by atoms with Gasteiger partial charge in [0, 0.05) is 25.7 Å². The molecule has 0 saturated carbocycles. The van der Waals surface area contributed by atoms with Crippen molar-refractivity contribution in [2.75, 3.05) is 25.1 Å². The van der Waals surface area contributed by atoms with Gasteiger partial charge in [0.05, 0.1) is 6.04 Å². The van der Waals surface area contributed by atoms with E-state index < -0.39 is 0 Å². The number of carbonyl (C=O) groups is 2. The van der Waals surface area contributed by atoms with Gasteiger partial charge in [-0.2, -0.15) is 0 Å². The third kappa shape index (κ3) is 3.75. The third-order valence-corrected chi connectivity index (χ3v) is 5.78. The summed E-state index contributed by atoms with van der Waals surface area (Å²) in [6.45, 7) is 0.780. The van der Waals surface area contributed by atoms with Crippen molar-refractivity contribution in [3.63, 3.8) is 0 Å². The Morgan fingerprint density at radius 1 is 1.11 bits per heavy atom. The minimum Gasteiger partial charge on any atom is -0.484 e. The van der Waals surface area contributed by atoms with Crippen molar-refractivity contribution in [2.24, 2.45) is 0 Å². The Hall–Kier alpha value is -2.82. The number of fused-ring (bicyclic) bond motifs is 1. The van der Waals surface area contributed by atoms with E-state index in [0.29, 0.717) is 12.2 Å². The zero-order valence-corrected chi connectivity index (χ0v) is 16.3. The highest BCUT2D eigenvalue weighted by Gasteiger charge is 2.26. The predicted octanol–water partition coefficient (Wildman–Crippen LogP) is 3.73. The van der Waals surface area contributed by atoms with E-state index in [2.05, 4.69) is 18.2 Å². The monoisotopic (exact) mass is 378 g/mol. The molecule has 2 aliphatic rings. The van der Waals surface area contributed by atoms with Crippen LogP contribution >= 0.6 is 0 Å². The summed E-state index contributed by atoms with van der Waals surface area (Å²) in [7, 11) is 1.86. The van der Waals surface area contributed by atoms with Crippen molar-refractivity contribution < 1.29 is 14.3 Å². The molecule has 0 aromatic heterocycles. The second-order valence-corrected chi connectivity index (χ2v) is 7.54. The number of nitrogens with zero attached hydrogens (tertiary/aromatic N) is 2. The summed E-state index contributed by atoms with van der Waals surface area (Å²) in [5, 5.41) is 0. The topological polar surface area (TPSA) is 49.9 Å². The summed E-state index contributed by atoms with van der Waals surface area (Å²) < 4.78 is 5.72. The van der Waals surface area contributed by atoms with Gasteiger partial charge in [-0.3, -0.25) is 9.59 Å². The molecule has 4 rings (SSSR count). The Balaban J connectivity index is 1.36. The summed E-state index contributed by atoms with van der Waals surface area (Å²) in [5.41, 5.74) is 3.48. The molecular formula is C23H26N2O3. The van der Waals surface area contributed by atoms with Crippen LogP contribution in [-0.2, 0) is 16.0 Å². The van der Waals surface area contributed by atoms with Crippen LogP contribution in [0.1, 0.15) is 42.9 Å². The molecule has 1 atom stereocenters. The first-order chi connectivity index (χ1) is 13.6. The van der Waals surface area contributed by atoms with Crippen molar-refractivity contribution in [3.05, 3.63) is 59.7 Å². The van der Waals surface area contributed by atoms with Gasteiger partial charge in [0.15, 0.2) is 6.61 Å². The fraction of sp³-hybridized carbons (Fsp3) is 0.391. The lowest BCUT2D eigenvalue weighted by molar-refractivity contribution is -0.134. The van der Waals surface area contributed by atoms with Crippen LogP contribution in [0.4, 0.5) is 5.69 Å². The Bertz CT molecular complexity index is 862. The van der Waals surface area contributed by atoms with E-state index in [1.165, 1.54) is 11.1 Å². The molecule has 1 fully saturated rings. The first-order valence-electron chi connectivity index (χ1n) is 10.00. The first-order valence-corrected chi connectivity index (χ1v) is 10.00. The van der Waals surface area contributed by atoms with Gasteiger partial charge in [0.25, 0.3) is 5.91 Å². The second kappa shape index (κ2) is 8.05. The van der Waals surface area contributed by atoms with E-state index in [1.54, 1.807) is 4.90 Å². The summed E-state index contributed by atoms with van der Waals surface area (Å²) in [6, 6.07) is 15.9. The van der Waals surface area contributed by atoms with Crippen molar-refractivity contribution in [2.45, 2.75) is 38.1 Å². The van der Waals surface area contributed by atoms with Gasteiger partial charge >= 0.3 is 0 Å². The van der Waals surface area contributed by atoms with Crippen LogP contribution in [0.15, 0.2) is 48.5 Å². The van der Waals surface area contributed by atoms with Gasteiger partial charge in [0.1, 0.15) is 5.75 Å². The van der Waals surface area contributed by atoms with E-state index in [4.69, 9.17) is 4.74 Å². The number of hydrogen-bond donors (Lipinski definition) is 0.